The van der Waals surface area contributed by atoms with Crippen LogP contribution in [0, 0.1) is 0 Å². The normalized spacial score (nSPS) is 13.3. The zero-order chi connectivity index (χ0) is 21.2. The second-order valence-corrected chi connectivity index (χ2v) is 8.20. The molecule has 0 aromatic heterocycles. The van der Waals surface area contributed by atoms with E-state index < -0.39 is 0 Å². The van der Waals surface area contributed by atoms with Gasteiger partial charge in [-0.2, -0.15) is 0 Å². The minimum atomic E-state index is -0.132. The molecule has 0 bridgehead atoms. The molecule has 5 nitrogen and oxygen atoms in total. The minimum Gasteiger partial charge on any atom is -0.497 e. The maximum Gasteiger partial charge on any atom is 0.252 e. The molecule has 2 N–H and O–H groups in total. The van der Waals surface area contributed by atoms with Crippen LogP contribution in [0.5, 0.6) is 5.75 Å². The molecule has 0 spiro atoms. The van der Waals surface area contributed by atoms with E-state index in [4.69, 9.17) is 4.74 Å². The Morgan fingerprint density at radius 1 is 1.10 bits per heavy atom. The van der Waals surface area contributed by atoms with Crippen molar-refractivity contribution < 1.29 is 14.3 Å². The Labute approximate surface area is 182 Å². The first-order valence-electron chi connectivity index (χ1n) is 10.3. The molecule has 6 heteroatoms. The van der Waals surface area contributed by atoms with Crippen LogP contribution in [0.3, 0.4) is 0 Å². The Balaban J connectivity index is 1.51. The summed E-state index contributed by atoms with van der Waals surface area (Å²) in [6, 6.07) is 14.6. The average Bonchev–Trinajstić information content (AvgIpc) is 2.78. The van der Waals surface area contributed by atoms with Gasteiger partial charge in [0, 0.05) is 23.2 Å². The summed E-state index contributed by atoms with van der Waals surface area (Å²) in [6.45, 7) is 0.639. The highest BCUT2D eigenvalue weighted by atomic mass is 32.2. The predicted molar refractivity (Wildman–Crippen MR) is 122 cm³/mol. The third-order valence-electron chi connectivity index (χ3n) is 4.96. The first kappa shape index (κ1) is 22.0. The number of anilines is 1. The number of hydrogen-bond acceptors (Lipinski definition) is 4. The topological polar surface area (TPSA) is 67.4 Å². The van der Waals surface area contributed by atoms with Crippen LogP contribution in [-0.4, -0.2) is 31.2 Å². The highest BCUT2D eigenvalue weighted by Crippen LogP contribution is 2.24. The summed E-state index contributed by atoms with van der Waals surface area (Å²) in [5.41, 5.74) is 2.73. The first-order valence-corrected chi connectivity index (χ1v) is 11.3. The zero-order valence-corrected chi connectivity index (χ0v) is 18.1. The molecule has 158 valence electrons. The van der Waals surface area contributed by atoms with E-state index in [1.165, 1.54) is 30.2 Å². The molecule has 0 fully saturated rings. The first-order chi connectivity index (χ1) is 14.7. The number of rotatable bonds is 9. The Hall–Kier alpha value is -2.73. The van der Waals surface area contributed by atoms with E-state index in [-0.39, 0.29) is 17.6 Å². The van der Waals surface area contributed by atoms with Gasteiger partial charge in [-0.05, 0) is 56.4 Å². The Kier molecular flexibility index (Phi) is 8.39. The van der Waals surface area contributed by atoms with Gasteiger partial charge in [0.1, 0.15) is 5.75 Å². The lowest BCUT2D eigenvalue weighted by Crippen LogP contribution is -2.25. The van der Waals surface area contributed by atoms with Gasteiger partial charge in [0.05, 0.1) is 18.4 Å². The summed E-state index contributed by atoms with van der Waals surface area (Å²) in [4.78, 5) is 25.8. The van der Waals surface area contributed by atoms with Gasteiger partial charge in [0.15, 0.2) is 0 Å². The maximum atomic E-state index is 12.7. The fraction of sp³-hybridized carbons (Fsp3) is 0.333. The van der Waals surface area contributed by atoms with Crippen molar-refractivity contribution in [3.63, 3.8) is 0 Å². The van der Waals surface area contributed by atoms with E-state index in [9.17, 15) is 9.59 Å². The van der Waals surface area contributed by atoms with Gasteiger partial charge >= 0.3 is 0 Å². The molecule has 0 heterocycles. The van der Waals surface area contributed by atoms with Crippen LogP contribution in [0.2, 0.25) is 0 Å². The molecule has 0 saturated heterocycles. The van der Waals surface area contributed by atoms with Crippen LogP contribution < -0.4 is 15.4 Å². The van der Waals surface area contributed by atoms with Gasteiger partial charge in [-0.3, -0.25) is 9.59 Å². The number of nitrogens with one attached hydrogen (secondary N) is 2. The van der Waals surface area contributed by atoms with Crippen LogP contribution in [0.25, 0.3) is 0 Å². The smallest absolute Gasteiger partial charge is 0.252 e. The van der Waals surface area contributed by atoms with Crippen molar-refractivity contribution in [1.29, 1.82) is 0 Å². The predicted octanol–water partition coefficient (Wildman–Crippen LogP) is 5.05. The van der Waals surface area contributed by atoms with Crippen molar-refractivity contribution in [3.8, 4) is 5.75 Å². The molecule has 3 rings (SSSR count). The second kappa shape index (κ2) is 11.5. The quantitative estimate of drug-likeness (QED) is 0.437. The third-order valence-corrected chi connectivity index (χ3v) is 6.03. The lowest BCUT2D eigenvalue weighted by atomic mass is 9.97. The highest BCUT2D eigenvalue weighted by Gasteiger charge is 2.13. The Morgan fingerprint density at radius 2 is 1.97 bits per heavy atom. The largest absolute Gasteiger partial charge is 0.497 e. The average molecular weight is 425 g/mol. The van der Waals surface area contributed by atoms with Crippen molar-refractivity contribution in [3.05, 3.63) is 65.7 Å². The molecule has 0 radical (unpaired) electrons. The van der Waals surface area contributed by atoms with E-state index in [2.05, 4.69) is 16.7 Å². The van der Waals surface area contributed by atoms with Crippen LogP contribution in [0.1, 0.15) is 42.5 Å². The summed E-state index contributed by atoms with van der Waals surface area (Å²) in [7, 11) is 1.59. The number of amides is 2. The molecular weight excluding hydrogens is 396 g/mol. The summed E-state index contributed by atoms with van der Waals surface area (Å²) < 4.78 is 5.17. The lowest BCUT2D eigenvalue weighted by Gasteiger charge is -2.14. The van der Waals surface area contributed by atoms with Crippen LogP contribution in [0.4, 0.5) is 5.69 Å². The number of hydrogen-bond donors (Lipinski definition) is 2. The molecule has 30 heavy (non-hydrogen) atoms. The molecular formula is C24H28N2O3S. The number of carbonyl (C=O) groups excluding carboxylic acids is 2. The van der Waals surface area contributed by atoms with Crippen LogP contribution in [-0.2, 0) is 4.79 Å². The summed E-state index contributed by atoms with van der Waals surface area (Å²) >= 11 is 1.36. The molecule has 0 atom stereocenters. The van der Waals surface area contributed by atoms with Gasteiger partial charge in [-0.25, -0.2) is 0 Å². The van der Waals surface area contributed by atoms with Crippen LogP contribution in [0.15, 0.2) is 65.1 Å². The molecule has 1 aliphatic carbocycles. The highest BCUT2D eigenvalue weighted by molar-refractivity contribution is 8.00. The van der Waals surface area contributed by atoms with Crippen molar-refractivity contribution in [1.82, 2.24) is 5.32 Å². The number of benzene rings is 2. The monoisotopic (exact) mass is 424 g/mol. The van der Waals surface area contributed by atoms with Gasteiger partial charge in [-0.1, -0.05) is 29.8 Å². The van der Waals surface area contributed by atoms with E-state index >= 15 is 0 Å². The summed E-state index contributed by atoms with van der Waals surface area (Å²) in [5.74, 6) is 0.677. The SMILES string of the molecule is COc1cccc(NC(=O)CSc2ccccc2C(=O)NCCC2=CCCCC2)c1. The van der Waals surface area contributed by atoms with Gasteiger partial charge < -0.3 is 15.4 Å². The number of carbonyl (C=O) groups is 2. The van der Waals surface area contributed by atoms with Gasteiger partial charge in [-0.15, -0.1) is 11.8 Å². The molecule has 2 aromatic carbocycles. The number of allylic oxidation sites excluding steroid dienone is 1. The van der Waals surface area contributed by atoms with Gasteiger partial charge in [0.2, 0.25) is 5.91 Å². The van der Waals surface area contributed by atoms with E-state index in [0.29, 0.717) is 23.5 Å². The Bertz CT molecular complexity index is 911. The minimum absolute atomic E-state index is 0.0947. The molecule has 1 aliphatic rings. The second-order valence-electron chi connectivity index (χ2n) is 7.18. The maximum absolute atomic E-state index is 12.7. The van der Waals surface area contributed by atoms with Crippen molar-refractivity contribution >= 4 is 29.3 Å². The third kappa shape index (κ3) is 6.66. The standard InChI is InChI=1S/C24H28N2O3S/c1-29-20-11-7-10-19(16-20)26-23(27)17-30-22-13-6-5-12-21(22)24(28)25-15-14-18-8-3-2-4-9-18/h5-8,10-13,16H,2-4,9,14-15,17H2,1H3,(H,25,28)(H,26,27). The molecule has 0 unspecified atom stereocenters. The van der Waals surface area contributed by atoms with Crippen LogP contribution >= 0.6 is 11.8 Å². The van der Waals surface area contributed by atoms with E-state index in [1.54, 1.807) is 19.2 Å². The fourth-order valence-electron chi connectivity index (χ4n) is 3.38. The van der Waals surface area contributed by atoms with Crippen molar-refractivity contribution in [2.45, 2.75) is 37.0 Å². The summed E-state index contributed by atoms with van der Waals surface area (Å²) in [5, 5.41) is 5.88. The van der Waals surface area contributed by atoms with Crippen molar-refractivity contribution in [2.75, 3.05) is 24.7 Å². The number of methoxy groups -OCH3 is 1. The molecule has 2 amide bonds. The molecule has 2 aromatic rings. The van der Waals surface area contributed by atoms with E-state index in [0.717, 1.165) is 24.2 Å². The number of thioether (sulfide) groups is 1. The lowest BCUT2D eigenvalue weighted by molar-refractivity contribution is -0.113. The van der Waals surface area contributed by atoms with Crippen molar-refractivity contribution in [2.24, 2.45) is 0 Å². The number of ether oxygens (including phenoxy) is 1. The molecule has 0 saturated carbocycles. The zero-order valence-electron chi connectivity index (χ0n) is 17.3. The fourth-order valence-corrected chi connectivity index (χ4v) is 4.23. The summed E-state index contributed by atoms with van der Waals surface area (Å²) in [6.07, 6.45) is 8.03. The molecule has 0 aliphatic heterocycles. The van der Waals surface area contributed by atoms with E-state index in [1.807, 2.05) is 36.4 Å². The Morgan fingerprint density at radius 3 is 2.77 bits per heavy atom. The van der Waals surface area contributed by atoms with Gasteiger partial charge in [0.25, 0.3) is 5.91 Å².